The summed E-state index contributed by atoms with van der Waals surface area (Å²) in [4.78, 5) is 21.5. The van der Waals surface area contributed by atoms with Crippen molar-refractivity contribution in [1.82, 2.24) is 0 Å². The van der Waals surface area contributed by atoms with Crippen molar-refractivity contribution in [2.45, 2.75) is 6.18 Å². The van der Waals surface area contributed by atoms with Gasteiger partial charge in [0, 0.05) is 5.56 Å². The van der Waals surface area contributed by atoms with E-state index in [-0.39, 0.29) is 5.75 Å². The highest BCUT2D eigenvalue weighted by molar-refractivity contribution is 6.40. The zero-order valence-corrected chi connectivity index (χ0v) is 8.54. The number of carbonyl (C=O) groups excluding carboxylic acids is 1. The first-order chi connectivity index (χ1) is 7.77. The molecule has 0 aliphatic carbocycles. The third-order valence-electron chi connectivity index (χ3n) is 1.97. The molecule has 0 unspecified atom stereocenters. The predicted octanol–water partition coefficient (Wildman–Crippen LogP) is 1.98. The van der Waals surface area contributed by atoms with Gasteiger partial charge < -0.3 is 9.84 Å². The summed E-state index contributed by atoms with van der Waals surface area (Å²) >= 11 is 0. The first-order valence-corrected chi connectivity index (χ1v) is 4.30. The molecule has 0 heterocycles. The number of Topliss-reactive ketones (excluding diaryl/α,β-unsaturated/α-hetero) is 1. The summed E-state index contributed by atoms with van der Waals surface area (Å²) in [5, 5.41) is 8.40. The van der Waals surface area contributed by atoms with Crippen molar-refractivity contribution in [3.8, 4) is 5.75 Å². The Bertz CT molecular complexity index is 465. The lowest BCUT2D eigenvalue weighted by Gasteiger charge is -2.12. The summed E-state index contributed by atoms with van der Waals surface area (Å²) in [7, 11) is 1.16. The summed E-state index contributed by atoms with van der Waals surface area (Å²) in [6.45, 7) is 0. The van der Waals surface area contributed by atoms with Crippen LogP contribution in [0, 0.1) is 0 Å². The van der Waals surface area contributed by atoms with Gasteiger partial charge in [0.2, 0.25) is 0 Å². The van der Waals surface area contributed by atoms with Crippen LogP contribution in [-0.2, 0) is 11.0 Å². The third kappa shape index (κ3) is 2.74. The molecule has 0 aliphatic heterocycles. The standard InChI is InChI=1S/C10H7F3O4/c1-17-5-2-3-6(8(14)9(15)16)7(4-5)10(11,12)13/h2-4H,1H3,(H,15,16). The van der Waals surface area contributed by atoms with Crippen molar-refractivity contribution >= 4 is 11.8 Å². The van der Waals surface area contributed by atoms with Crippen LogP contribution in [0.4, 0.5) is 13.2 Å². The maximum Gasteiger partial charge on any atom is 0.417 e. The number of hydrogen-bond acceptors (Lipinski definition) is 3. The largest absolute Gasteiger partial charge is 0.497 e. The minimum absolute atomic E-state index is 0.112. The van der Waals surface area contributed by atoms with E-state index in [1.54, 1.807) is 0 Å². The number of alkyl halides is 3. The summed E-state index contributed by atoms with van der Waals surface area (Å²) in [5.74, 6) is -3.67. The Morgan fingerprint density at radius 3 is 2.29 bits per heavy atom. The van der Waals surface area contributed by atoms with E-state index >= 15 is 0 Å². The van der Waals surface area contributed by atoms with Crippen molar-refractivity contribution in [3.05, 3.63) is 29.3 Å². The molecule has 0 saturated carbocycles. The zero-order chi connectivity index (χ0) is 13.2. The monoisotopic (exact) mass is 248 g/mol. The van der Waals surface area contributed by atoms with Crippen molar-refractivity contribution in [2.24, 2.45) is 0 Å². The lowest BCUT2D eigenvalue weighted by atomic mass is 10.0. The fourth-order valence-corrected chi connectivity index (χ4v) is 1.20. The highest BCUT2D eigenvalue weighted by Gasteiger charge is 2.37. The van der Waals surface area contributed by atoms with Crippen LogP contribution in [0.3, 0.4) is 0 Å². The SMILES string of the molecule is COc1ccc(C(=O)C(=O)O)c(C(F)(F)F)c1. The Hall–Kier alpha value is -2.05. The second-order valence-electron chi connectivity index (χ2n) is 3.04. The van der Waals surface area contributed by atoms with Gasteiger partial charge in [-0.25, -0.2) is 4.79 Å². The molecule has 0 saturated heterocycles. The molecule has 0 radical (unpaired) electrons. The van der Waals surface area contributed by atoms with Gasteiger partial charge in [0.25, 0.3) is 5.78 Å². The number of methoxy groups -OCH3 is 1. The quantitative estimate of drug-likeness (QED) is 0.656. The van der Waals surface area contributed by atoms with E-state index < -0.39 is 29.1 Å². The molecule has 0 aromatic heterocycles. The zero-order valence-electron chi connectivity index (χ0n) is 8.54. The predicted molar refractivity (Wildman–Crippen MR) is 50.0 cm³/mol. The van der Waals surface area contributed by atoms with Gasteiger partial charge in [-0.15, -0.1) is 0 Å². The van der Waals surface area contributed by atoms with E-state index in [9.17, 15) is 22.8 Å². The van der Waals surface area contributed by atoms with Crippen molar-refractivity contribution in [1.29, 1.82) is 0 Å². The molecule has 0 fully saturated rings. The lowest BCUT2D eigenvalue weighted by molar-refractivity contribution is -0.138. The van der Waals surface area contributed by atoms with Gasteiger partial charge in [-0.3, -0.25) is 4.79 Å². The van der Waals surface area contributed by atoms with Crippen LogP contribution in [-0.4, -0.2) is 24.0 Å². The highest BCUT2D eigenvalue weighted by Crippen LogP contribution is 2.34. The van der Waals surface area contributed by atoms with Crippen LogP contribution >= 0.6 is 0 Å². The number of rotatable bonds is 3. The van der Waals surface area contributed by atoms with Crippen molar-refractivity contribution < 1.29 is 32.6 Å². The van der Waals surface area contributed by atoms with Crippen molar-refractivity contribution in [3.63, 3.8) is 0 Å². The number of ketones is 1. The van der Waals surface area contributed by atoms with E-state index in [4.69, 9.17) is 5.11 Å². The van der Waals surface area contributed by atoms with Gasteiger partial charge in [0.15, 0.2) is 0 Å². The molecule has 1 aromatic carbocycles. The molecule has 17 heavy (non-hydrogen) atoms. The average molecular weight is 248 g/mol. The molecule has 0 atom stereocenters. The smallest absolute Gasteiger partial charge is 0.417 e. The topological polar surface area (TPSA) is 63.6 Å². The molecule has 0 bridgehead atoms. The van der Waals surface area contributed by atoms with Gasteiger partial charge in [-0.05, 0) is 18.2 Å². The lowest BCUT2D eigenvalue weighted by Crippen LogP contribution is -2.19. The molecular weight excluding hydrogens is 241 g/mol. The molecule has 92 valence electrons. The highest BCUT2D eigenvalue weighted by atomic mass is 19.4. The second kappa shape index (κ2) is 4.44. The molecule has 0 aliphatic rings. The molecule has 1 N–H and O–H groups in total. The normalized spacial score (nSPS) is 11.1. The minimum atomic E-state index is -4.82. The van der Waals surface area contributed by atoms with Crippen LogP contribution in [0.25, 0.3) is 0 Å². The molecule has 0 amide bonds. The summed E-state index contributed by atoms with van der Waals surface area (Å²) in [5.41, 5.74) is -2.24. The Balaban J connectivity index is 3.40. The first kappa shape index (κ1) is 13.0. The van der Waals surface area contributed by atoms with Gasteiger partial charge in [-0.2, -0.15) is 13.2 Å². The van der Waals surface area contributed by atoms with E-state index in [2.05, 4.69) is 4.74 Å². The summed E-state index contributed by atoms with van der Waals surface area (Å²) in [6.07, 6.45) is -4.82. The molecule has 1 aromatic rings. The number of aliphatic carboxylic acids is 1. The number of carboxylic acids is 1. The van der Waals surface area contributed by atoms with E-state index in [1.807, 2.05) is 0 Å². The second-order valence-corrected chi connectivity index (χ2v) is 3.04. The Morgan fingerprint density at radius 1 is 1.29 bits per heavy atom. The third-order valence-corrected chi connectivity index (χ3v) is 1.97. The van der Waals surface area contributed by atoms with E-state index in [0.717, 1.165) is 19.2 Å². The fourth-order valence-electron chi connectivity index (χ4n) is 1.20. The first-order valence-electron chi connectivity index (χ1n) is 4.30. The minimum Gasteiger partial charge on any atom is -0.497 e. The average Bonchev–Trinajstić information content (AvgIpc) is 2.26. The van der Waals surface area contributed by atoms with Crippen LogP contribution in [0.1, 0.15) is 15.9 Å². The maximum atomic E-state index is 12.6. The number of carboxylic acid groups (broad SMARTS) is 1. The number of halogens is 3. The number of ether oxygens (including phenoxy) is 1. The molecular formula is C10H7F3O4. The summed E-state index contributed by atoms with van der Waals surface area (Å²) in [6, 6.07) is 2.44. The van der Waals surface area contributed by atoms with Crippen LogP contribution in [0.5, 0.6) is 5.75 Å². The Labute approximate surface area is 93.6 Å². The maximum absolute atomic E-state index is 12.6. The fraction of sp³-hybridized carbons (Fsp3) is 0.200. The Morgan fingerprint density at radius 2 is 1.88 bits per heavy atom. The van der Waals surface area contributed by atoms with Gasteiger partial charge in [-0.1, -0.05) is 0 Å². The molecule has 7 heteroatoms. The Kier molecular flexibility index (Phi) is 3.40. The van der Waals surface area contributed by atoms with Gasteiger partial charge in [0.05, 0.1) is 12.7 Å². The number of benzene rings is 1. The van der Waals surface area contributed by atoms with Gasteiger partial charge >= 0.3 is 12.1 Å². The van der Waals surface area contributed by atoms with Crippen LogP contribution in [0.2, 0.25) is 0 Å². The number of hydrogen-bond donors (Lipinski definition) is 1. The molecule has 4 nitrogen and oxygen atoms in total. The van der Waals surface area contributed by atoms with Crippen molar-refractivity contribution in [2.75, 3.05) is 7.11 Å². The molecule has 1 rings (SSSR count). The number of carbonyl (C=O) groups is 2. The van der Waals surface area contributed by atoms with E-state index in [0.29, 0.717) is 6.07 Å². The molecule has 0 spiro atoms. The van der Waals surface area contributed by atoms with Crippen LogP contribution in [0.15, 0.2) is 18.2 Å². The summed E-state index contributed by atoms with van der Waals surface area (Å²) < 4.78 is 42.3. The van der Waals surface area contributed by atoms with Crippen LogP contribution < -0.4 is 4.74 Å². The van der Waals surface area contributed by atoms with Gasteiger partial charge in [0.1, 0.15) is 5.75 Å². The van der Waals surface area contributed by atoms with E-state index in [1.165, 1.54) is 0 Å².